The fourth-order valence-corrected chi connectivity index (χ4v) is 5.85. The van der Waals surface area contributed by atoms with Crippen LogP contribution in [0, 0.1) is 12.3 Å². The van der Waals surface area contributed by atoms with Gasteiger partial charge in [-0.1, -0.05) is 58.4 Å². The molecule has 8 nitrogen and oxygen atoms in total. The van der Waals surface area contributed by atoms with Gasteiger partial charge >= 0.3 is 0 Å². The molecule has 0 bridgehead atoms. The number of amides is 3. The molecule has 218 valence electrons. The second-order valence-corrected chi connectivity index (χ2v) is 12.8. The summed E-state index contributed by atoms with van der Waals surface area (Å²) < 4.78 is 29.7. The van der Waals surface area contributed by atoms with E-state index in [1.165, 1.54) is 11.3 Å². The summed E-state index contributed by atoms with van der Waals surface area (Å²) in [4.78, 5) is 46.0. The Kier molecular flexibility index (Phi) is 8.65. The SMILES string of the molecule is CCC[C@H](NC(=O)[C@@H]1[C@@H](F)[C@@H](O)CN1C(=O)[C@@H](NC(=O)C1(F)CC1)C(C)(C)C)c1ccc(-c2scnc2C)cc1. The summed E-state index contributed by atoms with van der Waals surface area (Å²) in [6.45, 7) is 8.57. The van der Waals surface area contributed by atoms with E-state index in [9.17, 15) is 23.9 Å². The predicted octanol–water partition coefficient (Wildman–Crippen LogP) is 4.02. The summed E-state index contributed by atoms with van der Waals surface area (Å²) in [6, 6.07) is 4.46. The maximum Gasteiger partial charge on any atom is 0.258 e. The molecular formula is C29H38F2N4O4S. The molecule has 11 heteroatoms. The fraction of sp³-hybridized carbons (Fsp3) is 0.586. The lowest BCUT2D eigenvalue weighted by molar-refractivity contribution is -0.145. The summed E-state index contributed by atoms with van der Waals surface area (Å²) in [5, 5.41) is 15.7. The van der Waals surface area contributed by atoms with Crippen LogP contribution >= 0.6 is 11.3 Å². The first-order valence-electron chi connectivity index (χ1n) is 13.7. The molecule has 2 heterocycles. The number of carbonyl (C=O) groups is 3. The topological polar surface area (TPSA) is 112 Å². The molecule has 0 unspecified atom stereocenters. The molecule has 3 N–H and O–H groups in total. The first kappa shape index (κ1) is 30.0. The van der Waals surface area contributed by atoms with Crippen molar-refractivity contribution in [2.75, 3.05) is 6.54 Å². The van der Waals surface area contributed by atoms with E-state index >= 15 is 4.39 Å². The number of benzene rings is 1. The van der Waals surface area contributed by atoms with Gasteiger partial charge in [-0.3, -0.25) is 14.4 Å². The standard InChI is InChI=1S/C29H38F2N4O4S/c1-6-7-19(17-8-10-18(11-9-17)23-16(2)32-15-40-23)33-25(37)22-21(30)20(36)14-35(22)26(38)24(28(3,4)5)34-27(39)29(31)12-13-29/h8-11,15,19-22,24,36H,6-7,12-14H2,1-5H3,(H,33,37)(H,34,39)/t19-,20-,21-,22-,24+/m0/s1. The molecule has 2 fully saturated rings. The van der Waals surface area contributed by atoms with Gasteiger partial charge in [-0.05, 0) is 42.7 Å². The van der Waals surface area contributed by atoms with Gasteiger partial charge in [0, 0.05) is 0 Å². The van der Waals surface area contributed by atoms with Gasteiger partial charge in [0.05, 0.1) is 28.7 Å². The molecule has 1 saturated heterocycles. The van der Waals surface area contributed by atoms with E-state index in [1.807, 2.05) is 38.1 Å². The quantitative estimate of drug-likeness (QED) is 0.418. The van der Waals surface area contributed by atoms with Crippen molar-refractivity contribution in [2.24, 2.45) is 5.41 Å². The van der Waals surface area contributed by atoms with E-state index in [0.717, 1.165) is 33.0 Å². The van der Waals surface area contributed by atoms with Crippen LogP contribution in [0.4, 0.5) is 8.78 Å². The monoisotopic (exact) mass is 576 g/mol. The minimum Gasteiger partial charge on any atom is -0.388 e. The normalized spacial score (nSPS) is 23.4. The van der Waals surface area contributed by atoms with Crippen molar-refractivity contribution in [1.29, 1.82) is 0 Å². The number of hydrogen-bond donors (Lipinski definition) is 3. The van der Waals surface area contributed by atoms with E-state index in [-0.39, 0.29) is 12.8 Å². The number of halogens is 2. The average Bonchev–Trinajstić information content (AvgIpc) is 3.39. The summed E-state index contributed by atoms with van der Waals surface area (Å²) in [7, 11) is 0. The van der Waals surface area contributed by atoms with Gasteiger partial charge in [-0.15, -0.1) is 11.3 Å². The van der Waals surface area contributed by atoms with Gasteiger partial charge in [-0.25, -0.2) is 13.8 Å². The Morgan fingerprint density at radius 1 is 1.20 bits per heavy atom. The summed E-state index contributed by atoms with van der Waals surface area (Å²) in [5.41, 5.74) is 1.67. The molecule has 1 saturated carbocycles. The smallest absolute Gasteiger partial charge is 0.258 e. The van der Waals surface area contributed by atoms with E-state index < -0.39 is 65.8 Å². The van der Waals surface area contributed by atoms with Crippen molar-refractivity contribution in [2.45, 2.75) is 96.4 Å². The zero-order chi connectivity index (χ0) is 29.4. The zero-order valence-corrected chi connectivity index (χ0v) is 24.4. The maximum atomic E-state index is 15.3. The van der Waals surface area contributed by atoms with Gasteiger partial charge in [0.2, 0.25) is 11.8 Å². The molecule has 1 aliphatic heterocycles. The van der Waals surface area contributed by atoms with Gasteiger partial charge in [0.1, 0.15) is 18.2 Å². The third kappa shape index (κ3) is 6.20. The molecule has 5 atom stereocenters. The molecule has 4 rings (SSSR count). The highest BCUT2D eigenvalue weighted by atomic mass is 32.1. The number of likely N-dealkylation sites (tertiary alicyclic amines) is 1. The van der Waals surface area contributed by atoms with Crippen molar-refractivity contribution in [3.63, 3.8) is 0 Å². The van der Waals surface area contributed by atoms with Crippen molar-refractivity contribution < 1.29 is 28.3 Å². The van der Waals surface area contributed by atoms with Gasteiger partial charge in [-0.2, -0.15) is 0 Å². The first-order valence-corrected chi connectivity index (χ1v) is 14.6. The van der Waals surface area contributed by atoms with Crippen LogP contribution in [0.1, 0.15) is 70.7 Å². The molecule has 2 aliphatic rings. The average molecular weight is 577 g/mol. The van der Waals surface area contributed by atoms with Crippen LogP contribution in [-0.2, 0) is 14.4 Å². The third-order valence-corrected chi connectivity index (χ3v) is 8.62. The number of alkyl halides is 2. The molecule has 2 aromatic rings. The van der Waals surface area contributed by atoms with Crippen molar-refractivity contribution in [3.8, 4) is 10.4 Å². The van der Waals surface area contributed by atoms with Crippen LogP contribution in [0.15, 0.2) is 29.8 Å². The van der Waals surface area contributed by atoms with Crippen LogP contribution in [0.2, 0.25) is 0 Å². The third-order valence-electron chi connectivity index (χ3n) is 7.64. The second kappa shape index (κ2) is 11.5. The van der Waals surface area contributed by atoms with E-state index in [4.69, 9.17) is 0 Å². The number of thiazole rings is 1. The van der Waals surface area contributed by atoms with Crippen LogP contribution in [-0.4, -0.2) is 69.3 Å². The van der Waals surface area contributed by atoms with Crippen LogP contribution in [0.25, 0.3) is 10.4 Å². The Morgan fingerprint density at radius 3 is 2.38 bits per heavy atom. The fourth-order valence-electron chi connectivity index (χ4n) is 5.04. The number of carbonyl (C=O) groups excluding carboxylic acids is 3. The molecule has 1 aromatic carbocycles. The number of nitrogens with one attached hydrogen (secondary N) is 2. The lowest BCUT2D eigenvalue weighted by atomic mass is 9.85. The molecule has 1 aromatic heterocycles. The lowest BCUT2D eigenvalue weighted by Crippen LogP contribution is -2.59. The molecular weight excluding hydrogens is 538 g/mol. The number of rotatable bonds is 9. The number of aromatic nitrogens is 1. The molecule has 1 aliphatic carbocycles. The Hall–Kier alpha value is -2.92. The van der Waals surface area contributed by atoms with Crippen molar-refractivity contribution in [3.05, 3.63) is 41.0 Å². The minimum atomic E-state index is -2.02. The zero-order valence-electron chi connectivity index (χ0n) is 23.5. The van der Waals surface area contributed by atoms with Crippen LogP contribution in [0.5, 0.6) is 0 Å². The summed E-state index contributed by atoms with van der Waals surface area (Å²) in [5.74, 6) is -2.36. The number of aryl methyl sites for hydroxylation is 1. The molecule has 40 heavy (non-hydrogen) atoms. The van der Waals surface area contributed by atoms with E-state index in [0.29, 0.717) is 6.42 Å². The summed E-state index contributed by atoms with van der Waals surface area (Å²) >= 11 is 1.54. The molecule has 0 radical (unpaired) electrons. The molecule has 0 spiro atoms. The first-order chi connectivity index (χ1) is 18.8. The highest BCUT2D eigenvalue weighted by Gasteiger charge is 2.54. The highest BCUT2D eigenvalue weighted by Crippen LogP contribution is 2.40. The number of β-amino-alcohol motifs (C(OH)–C–C–N with tert-alkyl or cyclic N) is 1. The lowest BCUT2D eigenvalue weighted by Gasteiger charge is -2.36. The molecule has 3 amide bonds. The minimum absolute atomic E-state index is 0.0769. The Morgan fingerprint density at radius 2 is 1.85 bits per heavy atom. The highest BCUT2D eigenvalue weighted by molar-refractivity contribution is 7.13. The Labute approximate surface area is 237 Å². The number of hydrogen-bond acceptors (Lipinski definition) is 6. The van der Waals surface area contributed by atoms with Crippen LogP contribution in [0.3, 0.4) is 0 Å². The van der Waals surface area contributed by atoms with Crippen LogP contribution < -0.4 is 10.6 Å². The van der Waals surface area contributed by atoms with Gasteiger partial charge in [0.25, 0.3) is 5.91 Å². The number of aliphatic hydroxyl groups excluding tert-OH is 1. The van der Waals surface area contributed by atoms with E-state index in [1.54, 1.807) is 26.3 Å². The maximum absolute atomic E-state index is 15.3. The van der Waals surface area contributed by atoms with E-state index in [2.05, 4.69) is 15.6 Å². The largest absolute Gasteiger partial charge is 0.388 e. The summed E-state index contributed by atoms with van der Waals surface area (Å²) in [6.07, 6.45) is -2.13. The predicted molar refractivity (Wildman–Crippen MR) is 149 cm³/mol. The van der Waals surface area contributed by atoms with Gasteiger partial charge in [0.15, 0.2) is 11.8 Å². The second-order valence-electron chi connectivity index (χ2n) is 11.9. The number of aliphatic hydroxyl groups is 1. The van der Waals surface area contributed by atoms with Crippen molar-refractivity contribution in [1.82, 2.24) is 20.5 Å². The van der Waals surface area contributed by atoms with Gasteiger partial charge < -0.3 is 20.6 Å². The number of nitrogens with zero attached hydrogens (tertiary/aromatic N) is 2. The Balaban J connectivity index is 1.54. The Bertz CT molecular complexity index is 1240. The van der Waals surface area contributed by atoms with Crippen molar-refractivity contribution >= 4 is 29.1 Å².